The first-order chi connectivity index (χ1) is 14.8. The van der Waals surface area contributed by atoms with Gasteiger partial charge >= 0.3 is 12.0 Å². The van der Waals surface area contributed by atoms with Crippen molar-refractivity contribution in [3.63, 3.8) is 0 Å². The van der Waals surface area contributed by atoms with E-state index in [4.69, 9.17) is 4.74 Å². The molecule has 0 radical (unpaired) electrons. The van der Waals surface area contributed by atoms with Gasteiger partial charge in [0.15, 0.2) is 0 Å². The monoisotopic (exact) mass is 484 g/mol. The molecule has 0 saturated carbocycles. The fraction of sp³-hybridized carbons (Fsp3) is 0.0909. The number of halogens is 1. The van der Waals surface area contributed by atoms with Crippen molar-refractivity contribution < 1.29 is 28.7 Å². The first-order valence-electron chi connectivity index (χ1n) is 8.98. The molecule has 8 nitrogen and oxygen atoms in total. The zero-order chi connectivity index (χ0) is 22.5. The number of carbonyl (C=O) groups is 4. The van der Waals surface area contributed by atoms with Crippen molar-refractivity contribution in [3.05, 3.63) is 76.3 Å². The largest absolute Gasteiger partial charge is 0.489 e. The number of hydrogen-bond acceptors (Lipinski definition) is 6. The van der Waals surface area contributed by atoms with Crippen LogP contribution in [0.25, 0.3) is 6.08 Å². The van der Waals surface area contributed by atoms with Gasteiger partial charge in [0, 0.05) is 10.0 Å². The number of imide groups is 2. The molecular formula is C22H17BrN2O6. The maximum atomic E-state index is 13.1. The van der Waals surface area contributed by atoms with Crippen molar-refractivity contribution in [2.24, 2.45) is 0 Å². The molecule has 1 aliphatic heterocycles. The Morgan fingerprint density at radius 2 is 1.87 bits per heavy atom. The summed E-state index contributed by atoms with van der Waals surface area (Å²) in [6.07, 6.45) is 2.92. The summed E-state index contributed by atoms with van der Waals surface area (Å²) in [6, 6.07) is 9.87. The topological polar surface area (TPSA) is 102 Å². The maximum absolute atomic E-state index is 13.1. The van der Waals surface area contributed by atoms with E-state index in [1.54, 1.807) is 24.3 Å². The molecule has 1 aliphatic rings. The third-order valence-electron chi connectivity index (χ3n) is 4.28. The molecule has 0 atom stereocenters. The van der Waals surface area contributed by atoms with E-state index in [2.05, 4.69) is 32.6 Å². The highest BCUT2D eigenvalue weighted by Gasteiger charge is 2.37. The summed E-state index contributed by atoms with van der Waals surface area (Å²) in [7, 11) is 1.25. The van der Waals surface area contributed by atoms with Crippen molar-refractivity contribution >= 4 is 51.5 Å². The normalized spacial score (nSPS) is 15.0. The van der Waals surface area contributed by atoms with Crippen LogP contribution < -0.4 is 15.0 Å². The zero-order valence-electron chi connectivity index (χ0n) is 16.4. The first kappa shape index (κ1) is 22.0. The lowest BCUT2D eigenvalue weighted by atomic mass is 10.1. The van der Waals surface area contributed by atoms with Crippen LogP contribution >= 0.6 is 15.9 Å². The van der Waals surface area contributed by atoms with Crippen molar-refractivity contribution in [3.8, 4) is 5.75 Å². The molecule has 0 unspecified atom stereocenters. The van der Waals surface area contributed by atoms with Crippen LogP contribution in [0.4, 0.5) is 10.5 Å². The minimum atomic E-state index is -0.893. The average Bonchev–Trinajstić information content (AvgIpc) is 2.75. The molecular weight excluding hydrogens is 468 g/mol. The van der Waals surface area contributed by atoms with E-state index in [9.17, 15) is 19.2 Å². The van der Waals surface area contributed by atoms with Crippen LogP contribution in [-0.4, -0.2) is 37.5 Å². The first-order valence-corrected chi connectivity index (χ1v) is 9.78. The third-order valence-corrected chi connectivity index (χ3v) is 4.77. The van der Waals surface area contributed by atoms with E-state index in [1.807, 2.05) is 0 Å². The number of nitrogens with one attached hydrogen (secondary N) is 1. The lowest BCUT2D eigenvalue weighted by Crippen LogP contribution is -2.54. The number of amides is 4. The average molecular weight is 485 g/mol. The van der Waals surface area contributed by atoms with Crippen molar-refractivity contribution in [2.45, 2.75) is 0 Å². The number of urea groups is 1. The molecule has 2 aromatic carbocycles. The summed E-state index contributed by atoms with van der Waals surface area (Å²) in [4.78, 5) is 50.2. The number of esters is 1. The number of methoxy groups -OCH3 is 1. The molecule has 0 aromatic heterocycles. The fourth-order valence-electron chi connectivity index (χ4n) is 2.82. The number of ether oxygens (including phenoxy) is 2. The molecule has 158 valence electrons. The van der Waals surface area contributed by atoms with E-state index >= 15 is 0 Å². The van der Waals surface area contributed by atoms with Gasteiger partial charge < -0.3 is 9.47 Å². The Morgan fingerprint density at radius 1 is 1.16 bits per heavy atom. The molecule has 1 fully saturated rings. The Labute approximate surface area is 186 Å². The molecule has 0 bridgehead atoms. The third kappa shape index (κ3) is 4.72. The van der Waals surface area contributed by atoms with Crippen LogP contribution in [-0.2, 0) is 14.3 Å². The predicted octanol–water partition coefficient (Wildman–Crippen LogP) is 3.47. The number of rotatable bonds is 6. The fourth-order valence-corrected chi connectivity index (χ4v) is 3.20. The van der Waals surface area contributed by atoms with E-state index in [0.717, 1.165) is 4.90 Å². The number of nitrogens with zero attached hydrogens (tertiary/aromatic N) is 1. The van der Waals surface area contributed by atoms with E-state index in [-0.39, 0.29) is 23.4 Å². The van der Waals surface area contributed by atoms with Crippen molar-refractivity contribution in [1.29, 1.82) is 0 Å². The van der Waals surface area contributed by atoms with Gasteiger partial charge in [-0.15, -0.1) is 0 Å². The number of barbiturate groups is 1. The van der Waals surface area contributed by atoms with Gasteiger partial charge in [-0.05, 0) is 48.5 Å². The standard InChI is InChI=1S/C22H17BrN2O6/c1-3-10-31-18-9-6-15(23)11-14(18)12-17-19(26)24-22(29)25(20(17)27)16-7-4-13(5-8-16)21(28)30-2/h3-9,11-12H,1,10H2,2H3,(H,24,26,29)/b17-12+. The van der Waals surface area contributed by atoms with Crippen molar-refractivity contribution in [2.75, 3.05) is 18.6 Å². The molecule has 1 heterocycles. The summed E-state index contributed by atoms with van der Waals surface area (Å²) >= 11 is 3.35. The number of benzene rings is 2. The summed E-state index contributed by atoms with van der Waals surface area (Å²) in [5, 5.41) is 2.15. The SMILES string of the molecule is C=CCOc1ccc(Br)cc1/C=C1\C(=O)NC(=O)N(c2ccc(C(=O)OC)cc2)C1=O. The van der Waals surface area contributed by atoms with Crippen LogP contribution in [0.5, 0.6) is 5.75 Å². The van der Waals surface area contributed by atoms with E-state index in [0.29, 0.717) is 15.8 Å². The summed E-state index contributed by atoms with van der Waals surface area (Å²) in [5.41, 5.74) is 0.648. The molecule has 9 heteroatoms. The van der Waals surface area contributed by atoms with E-state index < -0.39 is 23.8 Å². The second-order valence-corrected chi connectivity index (χ2v) is 7.19. The minimum Gasteiger partial charge on any atom is -0.489 e. The molecule has 0 aliphatic carbocycles. The zero-order valence-corrected chi connectivity index (χ0v) is 18.0. The summed E-state index contributed by atoms with van der Waals surface area (Å²) < 4.78 is 10.9. The minimum absolute atomic E-state index is 0.186. The second kappa shape index (κ2) is 9.40. The lowest BCUT2D eigenvalue weighted by molar-refractivity contribution is -0.122. The van der Waals surface area contributed by atoms with Gasteiger partial charge in [0.1, 0.15) is 17.9 Å². The van der Waals surface area contributed by atoms with Gasteiger partial charge in [0.25, 0.3) is 11.8 Å². The molecule has 4 amide bonds. The molecule has 1 saturated heterocycles. The van der Waals surface area contributed by atoms with Gasteiger partial charge in [-0.3, -0.25) is 14.9 Å². The lowest BCUT2D eigenvalue weighted by Gasteiger charge is -2.26. The summed E-state index contributed by atoms with van der Waals surface area (Å²) in [6.45, 7) is 3.83. The Morgan fingerprint density at radius 3 is 2.52 bits per heavy atom. The predicted molar refractivity (Wildman–Crippen MR) is 117 cm³/mol. The second-order valence-electron chi connectivity index (χ2n) is 6.28. The Hall–Kier alpha value is -3.72. The maximum Gasteiger partial charge on any atom is 0.337 e. The van der Waals surface area contributed by atoms with Crippen LogP contribution in [0.3, 0.4) is 0 Å². The van der Waals surface area contributed by atoms with Crippen LogP contribution in [0.15, 0.2) is 65.2 Å². The highest BCUT2D eigenvalue weighted by molar-refractivity contribution is 9.10. The van der Waals surface area contributed by atoms with Gasteiger partial charge in [-0.1, -0.05) is 28.6 Å². The smallest absolute Gasteiger partial charge is 0.337 e. The Bertz CT molecular complexity index is 1110. The number of carbonyl (C=O) groups excluding carboxylic acids is 4. The highest BCUT2D eigenvalue weighted by Crippen LogP contribution is 2.28. The molecule has 1 N–H and O–H groups in total. The van der Waals surface area contributed by atoms with Crippen LogP contribution in [0.2, 0.25) is 0 Å². The van der Waals surface area contributed by atoms with E-state index in [1.165, 1.54) is 37.5 Å². The van der Waals surface area contributed by atoms with Gasteiger partial charge in [0.2, 0.25) is 0 Å². The van der Waals surface area contributed by atoms with Gasteiger partial charge in [-0.25, -0.2) is 14.5 Å². The quantitative estimate of drug-likeness (QED) is 0.291. The number of hydrogen-bond donors (Lipinski definition) is 1. The molecule has 2 aromatic rings. The van der Waals surface area contributed by atoms with Crippen LogP contribution in [0.1, 0.15) is 15.9 Å². The molecule has 31 heavy (non-hydrogen) atoms. The van der Waals surface area contributed by atoms with Crippen molar-refractivity contribution in [1.82, 2.24) is 5.32 Å². The van der Waals surface area contributed by atoms with Gasteiger partial charge in [0.05, 0.1) is 18.4 Å². The van der Waals surface area contributed by atoms with Crippen LogP contribution in [0, 0.1) is 0 Å². The molecule has 0 spiro atoms. The molecule has 3 rings (SSSR count). The van der Waals surface area contributed by atoms with Gasteiger partial charge in [-0.2, -0.15) is 0 Å². The Balaban J connectivity index is 1.99. The highest BCUT2D eigenvalue weighted by atomic mass is 79.9. The number of anilines is 1. The summed E-state index contributed by atoms with van der Waals surface area (Å²) in [5.74, 6) is -1.76. The Kier molecular flexibility index (Phi) is 6.66.